The molecule has 1 aliphatic heterocycles. The van der Waals surface area contributed by atoms with Crippen molar-refractivity contribution < 1.29 is 9.53 Å². The second-order valence-electron chi connectivity index (χ2n) is 3.59. The Kier molecular flexibility index (Phi) is 3.90. The normalized spacial score (nSPS) is 16.9. The van der Waals surface area contributed by atoms with Gasteiger partial charge in [-0.15, -0.1) is 0 Å². The first-order valence-electron chi connectivity index (χ1n) is 5.26. The highest BCUT2D eigenvalue weighted by molar-refractivity contribution is 9.10. The molecule has 86 valence electrons. The molecule has 0 spiro atoms. The first-order valence-corrected chi connectivity index (χ1v) is 6.06. The number of nitrogens with zero attached hydrogens (tertiary/aromatic N) is 2. The van der Waals surface area contributed by atoms with Gasteiger partial charge in [0.2, 0.25) is 0 Å². The molecule has 0 aliphatic carbocycles. The van der Waals surface area contributed by atoms with Gasteiger partial charge in [-0.1, -0.05) is 0 Å². The third-order valence-electron chi connectivity index (χ3n) is 2.47. The fourth-order valence-corrected chi connectivity index (χ4v) is 2.07. The highest BCUT2D eigenvalue weighted by atomic mass is 79.9. The maximum atomic E-state index is 12.2. The van der Waals surface area contributed by atoms with Crippen LogP contribution in [0.5, 0.6) is 0 Å². The fraction of sp³-hybridized carbons (Fsp3) is 0.455. The monoisotopic (exact) mass is 284 g/mol. The first kappa shape index (κ1) is 11.5. The zero-order valence-corrected chi connectivity index (χ0v) is 10.4. The molecule has 2 rings (SSSR count). The summed E-state index contributed by atoms with van der Waals surface area (Å²) in [4.78, 5) is 18.0. The molecule has 0 unspecified atom stereocenters. The molecule has 1 aromatic heterocycles. The van der Waals surface area contributed by atoms with Crippen LogP contribution in [0.15, 0.2) is 22.8 Å². The highest BCUT2D eigenvalue weighted by Gasteiger charge is 2.20. The van der Waals surface area contributed by atoms with E-state index in [2.05, 4.69) is 20.9 Å². The number of ether oxygens (including phenoxy) is 1. The Bertz CT molecular complexity index is 376. The zero-order chi connectivity index (χ0) is 11.4. The zero-order valence-electron chi connectivity index (χ0n) is 8.86. The molecule has 1 aromatic rings. The summed E-state index contributed by atoms with van der Waals surface area (Å²) < 4.78 is 6.06. The Balaban J connectivity index is 2.14. The van der Waals surface area contributed by atoms with Gasteiger partial charge in [-0.25, -0.2) is 4.98 Å². The van der Waals surface area contributed by atoms with Crippen LogP contribution in [0.4, 0.5) is 0 Å². The van der Waals surface area contributed by atoms with Crippen molar-refractivity contribution in [3.8, 4) is 0 Å². The Morgan fingerprint density at radius 3 is 3.12 bits per heavy atom. The largest absolute Gasteiger partial charge is 0.380 e. The van der Waals surface area contributed by atoms with Gasteiger partial charge < -0.3 is 9.64 Å². The molecule has 1 aliphatic rings. The van der Waals surface area contributed by atoms with E-state index in [-0.39, 0.29) is 5.91 Å². The Hall–Kier alpha value is -0.940. The van der Waals surface area contributed by atoms with Gasteiger partial charge in [0.15, 0.2) is 0 Å². The molecular formula is C11H13BrN2O2. The van der Waals surface area contributed by atoms with Gasteiger partial charge in [-0.05, 0) is 34.5 Å². The SMILES string of the molecule is O=C(c1ncccc1Br)N1CCCOCC1. The minimum Gasteiger partial charge on any atom is -0.380 e. The van der Waals surface area contributed by atoms with Crippen molar-refractivity contribution in [2.75, 3.05) is 26.3 Å². The number of pyridine rings is 1. The number of hydrogen-bond acceptors (Lipinski definition) is 3. The van der Waals surface area contributed by atoms with Crippen LogP contribution in [0.3, 0.4) is 0 Å². The summed E-state index contributed by atoms with van der Waals surface area (Å²) in [5, 5.41) is 0. The number of carbonyl (C=O) groups excluding carboxylic acids is 1. The second kappa shape index (κ2) is 5.41. The average Bonchev–Trinajstić information content (AvgIpc) is 2.57. The van der Waals surface area contributed by atoms with Gasteiger partial charge in [0, 0.05) is 30.4 Å². The van der Waals surface area contributed by atoms with Crippen molar-refractivity contribution in [3.05, 3.63) is 28.5 Å². The lowest BCUT2D eigenvalue weighted by Gasteiger charge is -2.19. The predicted octanol–water partition coefficient (Wildman–Crippen LogP) is 1.71. The summed E-state index contributed by atoms with van der Waals surface area (Å²) in [6, 6.07) is 3.63. The molecule has 2 heterocycles. The molecule has 5 heteroatoms. The number of halogens is 1. The van der Waals surface area contributed by atoms with Crippen LogP contribution in [0.2, 0.25) is 0 Å². The van der Waals surface area contributed by atoms with Crippen LogP contribution in [-0.4, -0.2) is 42.1 Å². The Labute approximate surface area is 103 Å². The van der Waals surface area contributed by atoms with Crippen LogP contribution < -0.4 is 0 Å². The molecule has 4 nitrogen and oxygen atoms in total. The third-order valence-corrected chi connectivity index (χ3v) is 3.11. The maximum absolute atomic E-state index is 12.2. The van der Waals surface area contributed by atoms with Gasteiger partial charge in [-0.3, -0.25) is 4.79 Å². The first-order chi connectivity index (χ1) is 7.79. The van der Waals surface area contributed by atoms with Gasteiger partial charge in [-0.2, -0.15) is 0 Å². The van der Waals surface area contributed by atoms with Crippen molar-refractivity contribution in [2.24, 2.45) is 0 Å². The molecule has 0 atom stereocenters. The van der Waals surface area contributed by atoms with E-state index < -0.39 is 0 Å². The van der Waals surface area contributed by atoms with Gasteiger partial charge in [0.05, 0.1) is 6.61 Å². The van der Waals surface area contributed by atoms with Crippen LogP contribution >= 0.6 is 15.9 Å². The number of carbonyl (C=O) groups is 1. The van der Waals surface area contributed by atoms with Crippen LogP contribution in [0.25, 0.3) is 0 Å². The standard InChI is InChI=1S/C11H13BrN2O2/c12-9-3-1-4-13-10(9)11(15)14-5-2-7-16-8-6-14/h1,3-4H,2,5-8H2. The van der Waals surface area contributed by atoms with E-state index in [4.69, 9.17) is 4.74 Å². The fourth-order valence-electron chi connectivity index (χ4n) is 1.64. The van der Waals surface area contributed by atoms with Crippen LogP contribution in [0, 0.1) is 0 Å². The van der Waals surface area contributed by atoms with E-state index in [0.29, 0.717) is 18.8 Å². The maximum Gasteiger partial charge on any atom is 0.273 e. The molecule has 0 aromatic carbocycles. The Morgan fingerprint density at radius 2 is 2.31 bits per heavy atom. The van der Waals surface area contributed by atoms with E-state index in [9.17, 15) is 4.79 Å². The van der Waals surface area contributed by atoms with Crippen molar-refractivity contribution in [2.45, 2.75) is 6.42 Å². The molecule has 0 bridgehead atoms. The second-order valence-corrected chi connectivity index (χ2v) is 4.45. The van der Waals surface area contributed by atoms with Gasteiger partial charge in [0.25, 0.3) is 5.91 Å². The predicted molar refractivity (Wildman–Crippen MR) is 63.3 cm³/mol. The van der Waals surface area contributed by atoms with Crippen molar-refractivity contribution >= 4 is 21.8 Å². The lowest BCUT2D eigenvalue weighted by Crippen LogP contribution is -2.33. The quantitative estimate of drug-likeness (QED) is 0.789. The lowest BCUT2D eigenvalue weighted by atomic mass is 10.3. The van der Waals surface area contributed by atoms with Crippen molar-refractivity contribution in [3.63, 3.8) is 0 Å². The Morgan fingerprint density at radius 1 is 1.44 bits per heavy atom. The number of amides is 1. The lowest BCUT2D eigenvalue weighted by molar-refractivity contribution is 0.0734. The molecule has 0 radical (unpaired) electrons. The van der Waals surface area contributed by atoms with Crippen LogP contribution in [-0.2, 0) is 4.74 Å². The summed E-state index contributed by atoms with van der Waals surface area (Å²) in [5.41, 5.74) is 0.476. The molecule has 1 amide bonds. The topological polar surface area (TPSA) is 42.4 Å². The van der Waals surface area contributed by atoms with E-state index >= 15 is 0 Å². The molecule has 0 saturated carbocycles. The van der Waals surface area contributed by atoms with E-state index in [0.717, 1.165) is 24.0 Å². The smallest absolute Gasteiger partial charge is 0.273 e. The van der Waals surface area contributed by atoms with E-state index in [1.165, 1.54) is 0 Å². The molecule has 0 N–H and O–H groups in total. The summed E-state index contributed by atoms with van der Waals surface area (Å²) in [6.45, 7) is 2.72. The number of rotatable bonds is 1. The summed E-state index contributed by atoms with van der Waals surface area (Å²) in [6.07, 6.45) is 2.52. The van der Waals surface area contributed by atoms with Crippen LogP contribution in [0.1, 0.15) is 16.9 Å². The minimum absolute atomic E-state index is 0.0297. The van der Waals surface area contributed by atoms with E-state index in [1.54, 1.807) is 17.2 Å². The third kappa shape index (κ3) is 2.59. The van der Waals surface area contributed by atoms with Crippen molar-refractivity contribution in [1.29, 1.82) is 0 Å². The minimum atomic E-state index is -0.0297. The van der Waals surface area contributed by atoms with Gasteiger partial charge in [0.1, 0.15) is 5.69 Å². The molecule has 16 heavy (non-hydrogen) atoms. The summed E-state index contributed by atoms with van der Waals surface area (Å²) >= 11 is 3.34. The number of aromatic nitrogens is 1. The molecular weight excluding hydrogens is 272 g/mol. The molecule has 1 saturated heterocycles. The van der Waals surface area contributed by atoms with Gasteiger partial charge >= 0.3 is 0 Å². The number of hydrogen-bond donors (Lipinski definition) is 0. The average molecular weight is 285 g/mol. The van der Waals surface area contributed by atoms with E-state index in [1.807, 2.05) is 6.07 Å². The summed E-state index contributed by atoms with van der Waals surface area (Å²) in [5.74, 6) is -0.0297. The highest BCUT2D eigenvalue weighted by Crippen LogP contribution is 2.16. The molecule has 1 fully saturated rings. The summed E-state index contributed by atoms with van der Waals surface area (Å²) in [7, 11) is 0. The van der Waals surface area contributed by atoms with Crippen molar-refractivity contribution in [1.82, 2.24) is 9.88 Å².